The number of aromatic nitrogens is 1. The predicted molar refractivity (Wildman–Crippen MR) is 74.3 cm³/mol. The molecule has 2 aromatic rings. The molecule has 3 rings (SSSR count). The van der Waals surface area contributed by atoms with Crippen LogP contribution in [0.15, 0.2) is 21.1 Å². The van der Waals surface area contributed by atoms with Gasteiger partial charge in [0, 0.05) is 11.6 Å². The van der Waals surface area contributed by atoms with E-state index < -0.39 is 0 Å². The molecule has 0 atom stereocenters. The molecule has 0 bridgehead atoms. The molecule has 0 amide bonds. The Hall–Kier alpha value is -1.69. The minimum atomic E-state index is 0.230. The van der Waals surface area contributed by atoms with Crippen molar-refractivity contribution in [1.29, 1.82) is 0 Å². The van der Waals surface area contributed by atoms with E-state index in [9.17, 15) is 0 Å². The molecule has 1 aromatic heterocycles. The molecule has 0 radical (unpaired) electrons. The van der Waals surface area contributed by atoms with Crippen molar-refractivity contribution in [2.45, 2.75) is 19.8 Å². The first-order chi connectivity index (χ1) is 9.08. The number of hydrogen-bond acceptors (Lipinski definition) is 5. The van der Waals surface area contributed by atoms with E-state index in [1.54, 1.807) is 6.07 Å². The average molecular weight is 325 g/mol. The fourth-order valence-corrected chi connectivity index (χ4v) is 3.18. The van der Waals surface area contributed by atoms with Crippen molar-refractivity contribution in [2.75, 3.05) is 12.5 Å². The SMILES string of the molecule is CC(C)c1c(-c2cc(N)no2)cc2c(c1Br)OCO2. The van der Waals surface area contributed by atoms with Crippen molar-refractivity contribution in [3.63, 3.8) is 0 Å². The monoisotopic (exact) mass is 324 g/mol. The summed E-state index contributed by atoms with van der Waals surface area (Å²) in [5.74, 6) is 2.70. The van der Waals surface area contributed by atoms with E-state index in [1.807, 2.05) is 6.07 Å². The van der Waals surface area contributed by atoms with Crippen molar-refractivity contribution >= 4 is 21.7 Å². The molecule has 19 heavy (non-hydrogen) atoms. The summed E-state index contributed by atoms with van der Waals surface area (Å²) in [4.78, 5) is 0. The minimum Gasteiger partial charge on any atom is -0.454 e. The van der Waals surface area contributed by atoms with Crippen LogP contribution in [0.3, 0.4) is 0 Å². The van der Waals surface area contributed by atoms with Gasteiger partial charge in [-0.1, -0.05) is 19.0 Å². The summed E-state index contributed by atoms with van der Waals surface area (Å²) < 4.78 is 17.1. The van der Waals surface area contributed by atoms with E-state index in [1.165, 1.54) is 0 Å². The number of hydrogen-bond donors (Lipinski definition) is 1. The minimum absolute atomic E-state index is 0.230. The van der Waals surface area contributed by atoms with Crippen molar-refractivity contribution < 1.29 is 14.0 Å². The van der Waals surface area contributed by atoms with Crippen LogP contribution >= 0.6 is 15.9 Å². The topological polar surface area (TPSA) is 70.5 Å². The summed E-state index contributed by atoms with van der Waals surface area (Å²) in [7, 11) is 0. The molecular weight excluding hydrogens is 312 g/mol. The number of benzene rings is 1. The largest absolute Gasteiger partial charge is 0.454 e. The number of nitrogens with two attached hydrogens (primary N) is 1. The molecule has 0 saturated carbocycles. The number of nitrogens with zero attached hydrogens (tertiary/aromatic N) is 1. The van der Waals surface area contributed by atoms with Gasteiger partial charge in [0.25, 0.3) is 0 Å². The van der Waals surface area contributed by atoms with Gasteiger partial charge in [0.1, 0.15) is 0 Å². The number of halogens is 1. The van der Waals surface area contributed by atoms with Crippen LogP contribution in [0, 0.1) is 0 Å². The second kappa shape index (κ2) is 4.45. The highest BCUT2D eigenvalue weighted by atomic mass is 79.9. The van der Waals surface area contributed by atoms with E-state index in [0.717, 1.165) is 21.3 Å². The van der Waals surface area contributed by atoms with Crippen LogP contribution in [0.4, 0.5) is 5.82 Å². The van der Waals surface area contributed by atoms with E-state index in [4.69, 9.17) is 19.7 Å². The van der Waals surface area contributed by atoms with Gasteiger partial charge < -0.3 is 19.7 Å². The molecule has 1 aliphatic heterocycles. The van der Waals surface area contributed by atoms with Gasteiger partial charge in [-0.05, 0) is 33.5 Å². The van der Waals surface area contributed by atoms with Crippen molar-refractivity contribution in [3.8, 4) is 22.8 Å². The fraction of sp³-hybridized carbons (Fsp3) is 0.308. The number of fused-ring (bicyclic) bond motifs is 1. The van der Waals surface area contributed by atoms with Crippen molar-refractivity contribution in [1.82, 2.24) is 5.16 Å². The zero-order valence-electron chi connectivity index (χ0n) is 10.6. The van der Waals surface area contributed by atoms with Gasteiger partial charge in [-0.15, -0.1) is 0 Å². The Morgan fingerprint density at radius 1 is 1.32 bits per heavy atom. The Morgan fingerprint density at radius 3 is 2.74 bits per heavy atom. The Labute approximate surface area is 118 Å². The predicted octanol–water partition coefficient (Wildman–Crippen LogP) is 3.54. The first kappa shape index (κ1) is 12.3. The quantitative estimate of drug-likeness (QED) is 0.914. The van der Waals surface area contributed by atoms with Crippen LogP contribution in [0.25, 0.3) is 11.3 Å². The number of rotatable bonds is 2. The number of nitrogen functional groups attached to an aromatic ring is 1. The third kappa shape index (κ3) is 1.96. The lowest BCUT2D eigenvalue weighted by molar-refractivity contribution is 0.173. The smallest absolute Gasteiger partial charge is 0.231 e. The highest BCUT2D eigenvalue weighted by Gasteiger charge is 2.26. The Morgan fingerprint density at radius 2 is 2.11 bits per heavy atom. The third-order valence-electron chi connectivity index (χ3n) is 3.01. The maximum absolute atomic E-state index is 5.62. The fourth-order valence-electron chi connectivity index (χ4n) is 2.20. The molecule has 2 N–H and O–H groups in total. The molecule has 6 heteroatoms. The van der Waals surface area contributed by atoms with Crippen LogP contribution in [-0.4, -0.2) is 11.9 Å². The van der Waals surface area contributed by atoms with Gasteiger partial charge in [-0.2, -0.15) is 0 Å². The summed E-state index contributed by atoms with van der Waals surface area (Å²) >= 11 is 3.59. The van der Waals surface area contributed by atoms with Crippen LogP contribution in [0.5, 0.6) is 11.5 Å². The molecular formula is C13H13BrN2O3. The standard InChI is InChI=1S/C13H13BrN2O3/c1-6(2)11-7(8-4-10(15)16-19-8)3-9-13(12(11)14)18-5-17-9/h3-4,6H,5H2,1-2H3,(H2,15,16). The summed E-state index contributed by atoms with van der Waals surface area (Å²) in [6.07, 6.45) is 0. The maximum atomic E-state index is 5.62. The van der Waals surface area contributed by atoms with Gasteiger partial charge in [0.2, 0.25) is 6.79 Å². The van der Waals surface area contributed by atoms with E-state index in [2.05, 4.69) is 34.9 Å². The molecule has 0 fully saturated rings. The normalized spacial score (nSPS) is 13.3. The van der Waals surface area contributed by atoms with Gasteiger partial charge >= 0.3 is 0 Å². The van der Waals surface area contributed by atoms with Crippen molar-refractivity contribution in [3.05, 3.63) is 22.2 Å². The van der Waals surface area contributed by atoms with Gasteiger partial charge in [-0.3, -0.25) is 0 Å². The first-order valence-electron chi connectivity index (χ1n) is 5.92. The van der Waals surface area contributed by atoms with Crippen molar-refractivity contribution in [2.24, 2.45) is 0 Å². The summed E-state index contributed by atoms with van der Waals surface area (Å²) in [6.45, 7) is 4.44. The van der Waals surface area contributed by atoms with Crippen LogP contribution in [-0.2, 0) is 0 Å². The molecule has 0 unspecified atom stereocenters. The van der Waals surface area contributed by atoms with E-state index in [0.29, 0.717) is 17.3 Å². The van der Waals surface area contributed by atoms with Gasteiger partial charge in [0.05, 0.1) is 4.47 Å². The number of ether oxygens (including phenoxy) is 2. The zero-order valence-corrected chi connectivity index (χ0v) is 12.2. The molecule has 2 heterocycles. The summed E-state index contributed by atoms with van der Waals surface area (Å²) in [6, 6.07) is 3.61. The van der Waals surface area contributed by atoms with Crippen LogP contribution in [0.1, 0.15) is 25.3 Å². The van der Waals surface area contributed by atoms with Gasteiger partial charge in [-0.25, -0.2) is 0 Å². The second-order valence-electron chi connectivity index (χ2n) is 4.66. The molecule has 1 aromatic carbocycles. The third-order valence-corrected chi connectivity index (χ3v) is 3.80. The average Bonchev–Trinajstić information content (AvgIpc) is 2.96. The lowest BCUT2D eigenvalue weighted by atomic mass is 9.95. The summed E-state index contributed by atoms with van der Waals surface area (Å²) in [5, 5.41) is 3.73. The lowest BCUT2D eigenvalue weighted by Gasteiger charge is -2.15. The van der Waals surface area contributed by atoms with Gasteiger partial charge in [0.15, 0.2) is 23.1 Å². The van der Waals surface area contributed by atoms with Crippen LogP contribution in [0.2, 0.25) is 0 Å². The van der Waals surface area contributed by atoms with E-state index in [-0.39, 0.29) is 12.7 Å². The molecule has 5 nitrogen and oxygen atoms in total. The highest BCUT2D eigenvalue weighted by molar-refractivity contribution is 9.10. The first-order valence-corrected chi connectivity index (χ1v) is 6.71. The van der Waals surface area contributed by atoms with E-state index >= 15 is 0 Å². The Balaban J connectivity index is 2.26. The number of anilines is 1. The zero-order chi connectivity index (χ0) is 13.6. The Bertz CT molecular complexity index is 637. The highest BCUT2D eigenvalue weighted by Crippen LogP contribution is 2.48. The molecule has 0 spiro atoms. The molecule has 0 aliphatic carbocycles. The Kier molecular flexibility index (Phi) is 2.89. The molecule has 0 saturated heterocycles. The molecule has 1 aliphatic rings. The maximum Gasteiger partial charge on any atom is 0.231 e. The molecule has 100 valence electrons. The van der Waals surface area contributed by atoms with Crippen LogP contribution < -0.4 is 15.2 Å². The summed E-state index contributed by atoms with van der Waals surface area (Å²) in [5.41, 5.74) is 7.62. The second-order valence-corrected chi connectivity index (χ2v) is 5.45. The lowest BCUT2D eigenvalue weighted by Crippen LogP contribution is -1.95.